The Kier molecular flexibility index (Phi) is 7.11. The molecule has 0 aliphatic carbocycles. The highest BCUT2D eigenvalue weighted by Gasteiger charge is 2.15. The van der Waals surface area contributed by atoms with Crippen molar-refractivity contribution >= 4 is 90.6 Å². The zero-order valence-electron chi connectivity index (χ0n) is 12.1. The SMILES string of the molecule is COc1c(Cl)cc(C(=O)NC(=S)Nc2ccc(Br)cc2I)cc1Cl. The molecule has 0 saturated carbocycles. The maximum absolute atomic E-state index is 12.3. The van der Waals surface area contributed by atoms with E-state index in [1.165, 1.54) is 19.2 Å². The van der Waals surface area contributed by atoms with Crippen LogP contribution in [0.25, 0.3) is 0 Å². The molecule has 0 aromatic heterocycles. The molecular weight excluding hydrogens is 550 g/mol. The fourth-order valence-electron chi connectivity index (χ4n) is 1.81. The average Bonchev–Trinajstić information content (AvgIpc) is 2.49. The largest absolute Gasteiger partial charge is 0.494 e. The summed E-state index contributed by atoms with van der Waals surface area (Å²) >= 11 is 22.8. The third kappa shape index (κ3) is 4.95. The monoisotopic (exact) mass is 558 g/mol. The zero-order valence-corrected chi connectivity index (χ0v) is 18.2. The Bertz CT molecular complexity index is 797. The van der Waals surface area contributed by atoms with Crippen LogP contribution in [-0.4, -0.2) is 18.1 Å². The summed E-state index contributed by atoms with van der Waals surface area (Å²) in [7, 11) is 1.45. The molecule has 0 aliphatic heterocycles. The molecule has 2 rings (SSSR count). The summed E-state index contributed by atoms with van der Waals surface area (Å²) in [6.45, 7) is 0. The number of hydrogen-bond donors (Lipinski definition) is 2. The standard InChI is InChI=1S/C15H10BrCl2IN2O2S/c1-23-13-9(17)4-7(5-10(13)18)14(22)21-15(24)20-12-3-2-8(16)6-11(12)19/h2-6H,1H3,(H2,20,21,22,24). The van der Waals surface area contributed by atoms with Crippen LogP contribution < -0.4 is 15.4 Å². The number of halogens is 4. The molecular formula is C15H10BrCl2IN2O2S. The van der Waals surface area contributed by atoms with Crippen LogP contribution in [0.5, 0.6) is 5.75 Å². The van der Waals surface area contributed by atoms with Crippen molar-refractivity contribution < 1.29 is 9.53 Å². The predicted octanol–water partition coefficient (Wildman–Crippen LogP) is 5.50. The second kappa shape index (κ2) is 8.66. The molecule has 2 aromatic carbocycles. The highest BCUT2D eigenvalue weighted by atomic mass is 127. The van der Waals surface area contributed by atoms with Gasteiger partial charge in [0.1, 0.15) is 0 Å². The topological polar surface area (TPSA) is 50.4 Å². The van der Waals surface area contributed by atoms with Crippen LogP contribution in [0.4, 0.5) is 5.69 Å². The molecule has 0 aliphatic rings. The van der Waals surface area contributed by atoms with Gasteiger partial charge in [-0.15, -0.1) is 0 Å². The number of benzene rings is 2. The van der Waals surface area contributed by atoms with Gasteiger partial charge in [0.25, 0.3) is 5.91 Å². The fraction of sp³-hybridized carbons (Fsp3) is 0.0667. The minimum atomic E-state index is -0.425. The van der Waals surface area contributed by atoms with Crippen molar-refractivity contribution in [3.05, 3.63) is 54.0 Å². The third-order valence-electron chi connectivity index (χ3n) is 2.87. The van der Waals surface area contributed by atoms with Gasteiger partial charge in [-0.1, -0.05) is 39.1 Å². The van der Waals surface area contributed by atoms with E-state index in [-0.39, 0.29) is 20.7 Å². The van der Waals surface area contributed by atoms with Gasteiger partial charge in [-0.2, -0.15) is 0 Å². The van der Waals surface area contributed by atoms with Crippen molar-refractivity contribution in [2.75, 3.05) is 12.4 Å². The summed E-state index contributed by atoms with van der Waals surface area (Å²) in [6, 6.07) is 8.58. The van der Waals surface area contributed by atoms with E-state index in [2.05, 4.69) is 49.2 Å². The number of nitrogens with one attached hydrogen (secondary N) is 2. The maximum atomic E-state index is 12.3. The van der Waals surface area contributed by atoms with Crippen LogP contribution >= 0.6 is 73.9 Å². The van der Waals surface area contributed by atoms with Crippen LogP contribution in [0.15, 0.2) is 34.8 Å². The van der Waals surface area contributed by atoms with E-state index in [1.54, 1.807) is 0 Å². The van der Waals surface area contributed by atoms with Crippen LogP contribution in [0.3, 0.4) is 0 Å². The Balaban J connectivity index is 2.10. The molecule has 0 spiro atoms. The average molecular weight is 560 g/mol. The van der Waals surface area contributed by atoms with Crippen molar-refractivity contribution in [1.29, 1.82) is 0 Å². The Morgan fingerprint density at radius 3 is 2.42 bits per heavy atom. The number of amides is 1. The van der Waals surface area contributed by atoms with Crippen LogP contribution in [-0.2, 0) is 0 Å². The number of thiocarbonyl (C=S) groups is 1. The number of methoxy groups -OCH3 is 1. The Morgan fingerprint density at radius 2 is 1.88 bits per heavy atom. The highest BCUT2D eigenvalue weighted by molar-refractivity contribution is 14.1. The molecule has 0 unspecified atom stereocenters. The lowest BCUT2D eigenvalue weighted by atomic mass is 10.2. The predicted molar refractivity (Wildman–Crippen MR) is 114 cm³/mol. The molecule has 4 nitrogen and oxygen atoms in total. The smallest absolute Gasteiger partial charge is 0.257 e. The maximum Gasteiger partial charge on any atom is 0.257 e. The molecule has 1 amide bonds. The second-order valence-corrected chi connectivity index (χ2v) is 7.81. The molecule has 0 fully saturated rings. The van der Waals surface area contributed by atoms with E-state index >= 15 is 0 Å². The number of anilines is 1. The van der Waals surface area contributed by atoms with Crippen molar-refractivity contribution in [2.24, 2.45) is 0 Å². The van der Waals surface area contributed by atoms with E-state index in [0.717, 1.165) is 13.7 Å². The minimum Gasteiger partial charge on any atom is -0.494 e. The Hall–Kier alpha value is -0.610. The van der Waals surface area contributed by atoms with Crippen LogP contribution in [0.2, 0.25) is 10.0 Å². The first-order valence-corrected chi connectivity index (χ1v) is 9.46. The molecule has 2 N–H and O–H groups in total. The highest BCUT2D eigenvalue weighted by Crippen LogP contribution is 2.33. The lowest BCUT2D eigenvalue weighted by Gasteiger charge is -2.12. The lowest BCUT2D eigenvalue weighted by molar-refractivity contribution is 0.0977. The number of hydrogen-bond acceptors (Lipinski definition) is 3. The van der Waals surface area contributed by atoms with E-state index in [0.29, 0.717) is 5.75 Å². The number of carbonyl (C=O) groups excluding carboxylic acids is 1. The van der Waals surface area contributed by atoms with Crippen LogP contribution in [0, 0.1) is 3.57 Å². The number of ether oxygens (including phenoxy) is 1. The van der Waals surface area contributed by atoms with E-state index in [1.807, 2.05) is 18.2 Å². The van der Waals surface area contributed by atoms with Gasteiger partial charge >= 0.3 is 0 Å². The van der Waals surface area contributed by atoms with E-state index < -0.39 is 5.91 Å². The molecule has 0 saturated heterocycles. The Labute approximate surface area is 176 Å². The van der Waals surface area contributed by atoms with E-state index in [9.17, 15) is 4.79 Å². The van der Waals surface area contributed by atoms with Gasteiger partial charge in [0.15, 0.2) is 10.9 Å². The fourth-order valence-corrected chi connectivity index (χ4v) is 4.09. The summed E-state index contributed by atoms with van der Waals surface area (Å²) in [5.74, 6) is -0.105. The molecule has 0 radical (unpaired) electrons. The molecule has 24 heavy (non-hydrogen) atoms. The van der Waals surface area contributed by atoms with E-state index in [4.69, 9.17) is 40.2 Å². The van der Waals surface area contributed by atoms with Crippen molar-refractivity contribution in [2.45, 2.75) is 0 Å². The van der Waals surface area contributed by atoms with Gasteiger partial charge in [0, 0.05) is 13.6 Å². The molecule has 126 valence electrons. The summed E-state index contributed by atoms with van der Waals surface area (Å²) in [5, 5.41) is 6.22. The summed E-state index contributed by atoms with van der Waals surface area (Å²) < 4.78 is 6.96. The first kappa shape index (κ1) is 19.7. The lowest BCUT2D eigenvalue weighted by Crippen LogP contribution is -2.34. The zero-order chi connectivity index (χ0) is 17.9. The van der Waals surface area contributed by atoms with Gasteiger partial charge in [0.2, 0.25) is 0 Å². The minimum absolute atomic E-state index is 0.170. The summed E-state index contributed by atoms with van der Waals surface area (Å²) in [5.41, 5.74) is 1.07. The molecule has 2 aromatic rings. The van der Waals surface area contributed by atoms with Crippen molar-refractivity contribution in [3.8, 4) is 5.75 Å². The first-order chi connectivity index (χ1) is 11.3. The van der Waals surface area contributed by atoms with Gasteiger partial charge in [0.05, 0.1) is 22.8 Å². The third-order valence-corrected chi connectivity index (χ3v) is 5.02. The molecule has 9 heteroatoms. The number of rotatable bonds is 3. The van der Waals surface area contributed by atoms with Gasteiger partial charge in [-0.05, 0) is 65.1 Å². The first-order valence-electron chi connectivity index (χ1n) is 6.42. The molecule has 0 bridgehead atoms. The summed E-state index contributed by atoms with van der Waals surface area (Å²) in [4.78, 5) is 12.3. The normalized spacial score (nSPS) is 10.2. The van der Waals surface area contributed by atoms with Gasteiger partial charge in [-0.25, -0.2) is 0 Å². The number of carbonyl (C=O) groups is 1. The summed E-state index contributed by atoms with van der Waals surface area (Å²) in [6.07, 6.45) is 0. The quantitative estimate of drug-likeness (QED) is 0.385. The van der Waals surface area contributed by atoms with Crippen molar-refractivity contribution in [1.82, 2.24) is 5.32 Å². The Morgan fingerprint density at radius 1 is 1.25 bits per heavy atom. The van der Waals surface area contributed by atoms with Gasteiger partial charge in [-0.3, -0.25) is 10.1 Å². The van der Waals surface area contributed by atoms with Gasteiger partial charge < -0.3 is 10.1 Å². The van der Waals surface area contributed by atoms with Crippen LogP contribution in [0.1, 0.15) is 10.4 Å². The van der Waals surface area contributed by atoms with Crippen molar-refractivity contribution in [3.63, 3.8) is 0 Å². The second-order valence-electron chi connectivity index (χ2n) is 4.51. The molecule has 0 heterocycles. The molecule has 0 atom stereocenters.